The molecule has 0 atom stereocenters. The van der Waals surface area contributed by atoms with Gasteiger partial charge in [0.15, 0.2) is 0 Å². The third kappa shape index (κ3) is 1.84. The lowest BCUT2D eigenvalue weighted by atomic mass is 10.1. The fourth-order valence-corrected chi connectivity index (χ4v) is 2.25. The summed E-state index contributed by atoms with van der Waals surface area (Å²) in [6.07, 6.45) is 1.97. The summed E-state index contributed by atoms with van der Waals surface area (Å²) in [6.45, 7) is 0. The molecule has 92 valence electrons. The Balaban J connectivity index is 2.25. The number of rotatable bonds is 2. The molecular weight excluding hydrogens is 236 g/mol. The summed E-state index contributed by atoms with van der Waals surface area (Å²) in [7, 11) is 1.64. The number of nitriles is 1. The third-order valence-corrected chi connectivity index (χ3v) is 3.16. The molecule has 0 spiro atoms. The molecule has 2 heterocycles. The molecule has 0 N–H and O–H groups in total. The van der Waals surface area contributed by atoms with E-state index >= 15 is 0 Å². The number of hydrogen-bond acceptors (Lipinski definition) is 2. The van der Waals surface area contributed by atoms with E-state index in [2.05, 4.69) is 6.07 Å². The number of nitrogens with zero attached hydrogens (tertiary/aromatic N) is 2. The third-order valence-electron chi connectivity index (χ3n) is 3.16. The molecule has 0 aliphatic rings. The van der Waals surface area contributed by atoms with Crippen LogP contribution in [0.3, 0.4) is 0 Å². The molecule has 0 fully saturated rings. The van der Waals surface area contributed by atoms with E-state index < -0.39 is 0 Å². The van der Waals surface area contributed by atoms with Crippen LogP contribution in [0.2, 0.25) is 0 Å². The van der Waals surface area contributed by atoms with Crippen LogP contribution in [0.25, 0.3) is 16.8 Å². The fourth-order valence-electron chi connectivity index (χ4n) is 2.25. The number of benzene rings is 1. The van der Waals surface area contributed by atoms with Crippen LogP contribution >= 0.6 is 0 Å². The van der Waals surface area contributed by atoms with Gasteiger partial charge in [0.1, 0.15) is 11.8 Å². The van der Waals surface area contributed by atoms with Gasteiger partial charge in [-0.25, -0.2) is 0 Å². The van der Waals surface area contributed by atoms with Crippen LogP contribution in [-0.2, 0) is 0 Å². The monoisotopic (exact) mass is 248 g/mol. The van der Waals surface area contributed by atoms with Crippen molar-refractivity contribution in [3.63, 3.8) is 0 Å². The van der Waals surface area contributed by atoms with Gasteiger partial charge in [-0.1, -0.05) is 6.07 Å². The minimum absolute atomic E-state index is 0.677. The van der Waals surface area contributed by atoms with Crippen molar-refractivity contribution in [2.24, 2.45) is 0 Å². The first kappa shape index (κ1) is 11.4. The number of pyridine rings is 1. The minimum atomic E-state index is 0.677. The van der Waals surface area contributed by atoms with Crippen molar-refractivity contribution < 1.29 is 4.74 Å². The highest BCUT2D eigenvalue weighted by Gasteiger charge is 2.11. The zero-order valence-electron chi connectivity index (χ0n) is 10.5. The summed E-state index contributed by atoms with van der Waals surface area (Å²) in [5.74, 6) is 0.808. The van der Waals surface area contributed by atoms with Crippen LogP contribution < -0.4 is 4.74 Å². The molecule has 3 heteroatoms. The molecule has 3 rings (SSSR count). The zero-order valence-corrected chi connectivity index (χ0v) is 10.5. The highest BCUT2D eigenvalue weighted by molar-refractivity contribution is 5.75. The Morgan fingerprint density at radius 2 is 1.89 bits per heavy atom. The largest absolute Gasteiger partial charge is 0.497 e. The quantitative estimate of drug-likeness (QED) is 0.696. The van der Waals surface area contributed by atoms with Crippen molar-refractivity contribution in [3.05, 3.63) is 60.3 Å². The van der Waals surface area contributed by atoms with Crippen molar-refractivity contribution in [1.29, 1.82) is 5.26 Å². The Morgan fingerprint density at radius 3 is 2.58 bits per heavy atom. The topological polar surface area (TPSA) is 37.4 Å². The molecule has 2 aromatic heterocycles. The van der Waals surface area contributed by atoms with Gasteiger partial charge in [-0.15, -0.1) is 0 Å². The van der Waals surface area contributed by atoms with Gasteiger partial charge in [-0.05, 0) is 42.5 Å². The smallest absolute Gasteiger partial charge is 0.118 e. The van der Waals surface area contributed by atoms with Gasteiger partial charge in [0.25, 0.3) is 0 Å². The molecule has 0 amide bonds. The molecule has 0 unspecified atom stereocenters. The summed E-state index contributed by atoms with van der Waals surface area (Å²) >= 11 is 0. The predicted molar refractivity (Wildman–Crippen MR) is 74.1 cm³/mol. The van der Waals surface area contributed by atoms with Crippen LogP contribution in [0.15, 0.2) is 54.7 Å². The molecule has 1 aromatic carbocycles. The lowest BCUT2D eigenvalue weighted by molar-refractivity contribution is 0.415. The summed E-state index contributed by atoms with van der Waals surface area (Å²) in [5, 5.41) is 9.29. The van der Waals surface area contributed by atoms with Crippen LogP contribution in [0.5, 0.6) is 5.75 Å². The predicted octanol–water partition coefficient (Wildman–Crippen LogP) is 3.49. The SMILES string of the molecule is COc1ccc(-c2c(C#N)cc3ccccn23)cc1. The molecule has 0 aliphatic heterocycles. The van der Waals surface area contributed by atoms with E-state index in [1.807, 2.05) is 59.1 Å². The van der Waals surface area contributed by atoms with Crippen molar-refractivity contribution in [3.8, 4) is 23.1 Å². The Morgan fingerprint density at radius 1 is 1.11 bits per heavy atom. The molecule has 0 saturated heterocycles. The standard InChI is InChI=1S/C16H12N2O/c1-19-15-7-5-12(6-8-15)16-13(11-17)10-14-4-2-3-9-18(14)16/h2-10H,1H3. The van der Waals surface area contributed by atoms with E-state index in [1.165, 1.54) is 0 Å². The summed E-state index contributed by atoms with van der Waals surface area (Å²) in [5.41, 5.74) is 3.62. The van der Waals surface area contributed by atoms with E-state index in [0.29, 0.717) is 5.56 Å². The lowest BCUT2D eigenvalue weighted by Gasteiger charge is -2.05. The van der Waals surface area contributed by atoms with Crippen LogP contribution in [0.4, 0.5) is 0 Å². The maximum absolute atomic E-state index is 9.29. The van der Waals surface area contributed by atoms with Crippen molar-refractivity contribution >= 4 is 5.52 Å². The molecule has 0 bridgehead atoms. The second-order valence-electron chi connectivity index (χ2n) is 4.24. The number of hydrogen-bond donors (Lipinski definition) is 0. The van der Waals surface area contributed by atoms with Gasteiger partial charge < -0.3 is 9.14 Å². The van der Waals surface area contributed by atoms with Crippen molar-refractivity contribution in [1.82, 2.24) is 4.40 Å². The second-order valence-corrected chi connectivity index (χ2v) is 4.24. The van der Waals surface area contributed by atoms with Crippen molar-refractivity contribution in [2.75, 3.05) is 7.11 Å². The highest BCUT2D eigenvalue weighted by atomic mass is 16.5. The Hall–Kier alpha value is -2.73. The number of fused-ring (bicyclic) bond motifs is 1. The van der Waals surface area contributed by atoms with Crippen LogP contribution in [0.1, 0.15) is 5.56 Å². The van der Waals surface area contributed by atoms with Gasteiger partial charge in [0, 0.05) is 17.3 Å². The van der Waals surface area contributed by atoms with Gasteiger partial charge >= 0.3 is 0 Å². The lowest BCUT2D eigenvalue weighted by Crippen LogP contribution is -1.89. The van der Waals surface area contributed by atoms with Gasteiger partial charge in [0.2, 0.25) is 0 Å². The zero-order chi connectivity index (χ0) is 13.2. The average Bonchev–Trinajstić information content (AvgIpc) is 2.86. The number of aromatic nitrogens is 1. The number of ether oxygens (including phenoxy) is 1. The van der Waals surface area contributed by atoms with E-state index in [4.69, 9.17) is 4.74 Å². The summed E-state index contributed by atoms with van der Waals surface area (Å²) in [4.78, 5) is 0. The van der Waals surface area contributed by atoms with E-state index in [1.54, 1.807) is 7.11 Å². The first-order valence-corrected chi connectivity index (χ1v) is 5.98. The number of methoxy groups -OCH3 is 1. The van der Waals surface area contributed by atoms with E-state index in [-0.39, 0.29) is 0 Å². The summed E-state index contributed by atoms with van der Waals surface area (Å²) in [6, 6.07) is 17.8. The molecule has 3 aromatic rings. The Labute approximate surface area is 111 Å². The Kier molecular flexibility index (Phi) is 2.70. The molecule has 19 heavy (non-hydrogen) atoms. The normalized spacial score (nSPS) is 10.3. The van der Waals surface area contributed by atoms with Crippen LogP contribution in [-0.4, -0.2) is 11.5 Å². The fraction of sp³-hybridized carbons (Fsp3) is 0.0625. The highest BCUT2D eigenvalue weighted by Crippen LogP contribution is 2.28. The Bertz CT molecular complexity index is 764. The van der Waals surface area contributed by atoms with Gasteiger partial charge in [-0.3, -0.25) is 0 Å². The molecule has 0 radical (unpaired) electrons. The first-order chi connectivity index (χ1) is 9.33. The van der Waals surface area contributed by atoms with Crippen LogP contribution in [0, 0.1) is 11.3 Å². The molecule has 3 nitrogen and oxygen atoms in total. The van der Waals surface area contributed by atoms with Gasteiger partial charge in [-0.2, -0.15) is 5.26 Å². The summed E-state index contributed by atoms with van der Waals surface area (Å²) < 4.78 is 7.19. The molecule has 0 aliphatic carbocycles. The second kappa shape index (κ2) is 4.51. The molecule has 0 saturated carbocycles. The maximum Gasteiger partial charge on any atom is 0.118 e. The van der Waals surface area contributed by atoms with E-state index in [0.717, 1.165) is 22.5 Å². The van der Waals surface area contributed by atoms with Crippen molar-refractivity contribution in [2.45, 2.75) is 0 Å². The van der Waals surface area contributed by atoms with Gasteiger partial charge in [0.05, 0.1) is 18.4 Å². The molecular formula is C16H12N2O. The average molecular weight is 248 g/mol. The minimum Gasteiger partial charge on any atom is -0.497 e. The van der Waals surface area contributed by atoms with E-state index in [9.17, 15) is 5.26 Å². The maximum atomic E-state index is 9.29. The first-order valence-electron chi connectivity index (χ1n) is 5.98.